The minimum absolute atomic E-state index is 0.127. The van der Waals surface area contributed by atoms with Crippen LogP contribution in [0.3, 0.4) is 0 Å². The minimum atomic E-state index is 0.127. The number of nitrogens with zero attached hydrogens (tertiary/aromatic N) is 1. The minimum Gasteiger partial charge on any atom is -0.380 e. The molecule has 0 aliphatic carbocycles. The molecule has 0 radical (unpaired) electrons. The maximum atomic E-state index is 12.6. The van der Waals surface area contributed by atoms with Crippen molar-refractivity contribution in [2.24, 2.45) is 0 Å². The first-order valence-corrected chi connectivity index (χ1v) is 8.85. The molecule has 3 aromatic rings. The van der Waals surface area contributed by atoms with Crippen molar-refractivity contribution in [2.75, 3.05) is 7.11 Å². The number of ether oxygens (including phenoxy) is 1. The first-order valence-electron chi connectivity index (χ1n) is 8.47. The highest BCUT2D eigenvalue weighted by molar-refractivity contribution is 6.30. The van der Waals surface area contributed by atoms with Crippen LogP contribution in [0.4, 0.5) is 0 Å². The van der Waals surface area contributed by atoms with Crippen LogP contribution >= 0.6 is 11.6 Å². The van der Waals surface area contributed by atoms with Crippen molar-refractivity contribution in [3.8, 4) is 11.1 Å². The molecule has 3 rings (SSSR count). The molecule has 3 nitrogen and oxygen atoms in total. The van der Waals surface area contributed by atoms with E-state index in [0.717, 1.165) is 22.3 Å². The van der Waals surface area contributed by atoms with E-state index in [2.05, 4.69) is 4.98 Å². The van der Waals surface area contributed by atoms with Crippen molar-refractivity contribution in [3.63, 3.8) is 0 Å². The Hall–Kier alpha value is -2.49. The van der Waals surface area contributed by atoms with Crippen LogP contribution in [-0.4, -0.2) is 17.9 Å². The summed E-state index contributed by atoms with van der Waals surface area (Å²) in [4.78, 5) is 16.6. The lowest BCUT2D eigenvalue weighted by Crippen LogP contribution is -2.03. The largest absolute Gasteiger partial charge is 0.380 e. The summed E-state index contributed by atoms with van der Waals surface area (Å²) in [6, 6.07) is 17.4. The number of hydrogen-bond donors (Lipinski definition) is 0. The van der Waals surface area contributed by atoms with Crippen LogP contribution in [0.25, 0.3) is 11.1 Å². The highest BCUT2D eigenvalue weighted by atomic mass is 35.5. The number of benzene rings is 2. The first kappa shape index (κ1) is 18.3. The number of methoxy groups -OCH3 is 1. The smallest absolute Gasteiger partial charge is 0.163 e. The van der Waals surface area contributed by atoms with Gasteiger partial charge in [0.1, 0.15) is 0 Å². The van der Waals surface area contributed by atoms with Crippen LogP contribution in [0.1, 0.15) is 27.9 Å². The molecule has 1 aromatic heterocycles. The zero-order valence-corrected chi connectivity index (χ0v) is 15.4. The van der Waals surface area contributed by atoms with E-state index in [1.807, 2.05) is 54.6 Å². The number of ketones is 1. The molecule has 1 heterocycles. The van der Waals surface area contributed by atoms with E-state index in [1.54, 1.807) is 19.5 Å². The highest BCUT2D eigenvalue weighted by Crippen LogP contribution is 2.27. The van der Waals surface area contributed by atoms with Gasteiger partial charge in [0.25, 0.3) is 0 Å². The Morgan fingerprint density at radius 1 is 1.04 bits per heavy atom. The third kappa shape index (κ3) is 4.57. The lowest BCUT2D eigenvalue weighted by atomic mass is 9.95. The van der Waals surface area contributed by atoms with Crippen LogP contribution in [0, 0.1) is 0 Å². The van der Waals surface area contributed by atoms with Crippen LogP contribution in [-0.2, 0) is 17.8 Å². The monoisotopic (exact) mass is 365 g/mol. The third-order valence-electron chi connectivity index (χ3n) is 4.27. The summed E-state index contributed by atoms with van der Waals surface area (Å²) in [6.07, 6.45) is 4.67. The summed E-state index contributed by atoms with van der Waals surface area (Å²) >= 11 is 5.98. The summed E-state index contributed by atoms with van der Waals surface area (Å²) in [6.45, 7) is 0.448. The van der Waals surface area contributed by atoms with Crippen LogP contribution in [0.15, 0.2) is 67.0 Å². The van der Waals surface area contributed by atoms with Crippen LogP contribution in [0.2, 0.25) is 5.02 Å². The Morgan fingerprint density at radius 3 is 2.46 bits per heavy atom. The van der Waals surface area contributed by atoms with Crippen molar-refractivity contribution in [1.29, 1.82) is 0 Å². The van der Waals surface area contributed by atoms with Crippen molar-refractivity contribution in [3.05, 3.63) is 88.7 Å². The predicted molar refractivity (Wildman–Crippen MR) is 104 cm³/mol. The number of pyridine rings is 1. The molecule has 0 fully saturated rings. The Labute approximate surface area is 158 Å². The molecule has 0 saturated heterocycles. The topological polar surface area (TPSA) is 39.2 Å². The molecule has 0 unspecified atom stereocenters. The highest BCUT2D eigenvalue weighted by Gasteiger charge is 2.11. The summed E-state index contributed by atoms with van der Waals surface area (Å²) < 4.78 is 5.33. The molecule has 0 aliphatic heterocycles. The second-order valence-electron chi connectivity index (χ2n) is 6.09. The quantitative estimate of drug-likeness (QED) is 0.529. The Kier molecular flexibility index (Phi) is 6.16. The molecule has 0 saturated carbocycles. The van der Waals surface area contributed by atoms with Gasteiger partial charge in [0, 0.05) is 36.5 Å². The normalized spacial score (nSPS) is 10.7. The van der Waals surface area contributed by atoms with E-state index in [9.17, 15) is 4.79 Å². The fraction of sp³-hybridized carbons (Fsp3) is 0.182. The molecule has 0 spiro atoms. The van der Waals surface area contributed by atoms with Gasteiger partial charge in [-0.3, -0.25) is 9.78 Å². The van der Waals surface area contributed by atoms with Crippen molar-refractivity contribution < 1.29 is 9.53 Å². The Balaban J connectivity index is 1.81. The van der Waals surface area contributed by atoms with E-state index in [0.29, 0.717) is 30.0 Å². The fourth-order valence-electron chi connectivity index (χ4n) is 2.90. The molecule has 0 atom stereocenters. The molecular weight excluding hydrogens is 346 g/mol. The number of carbonyl (C=O) groups is 1. The standard InChI is InChI=1S/C22H20ClNO2/c1-26-15-19-14-18(22(25)9-2-16-10-12-24-13-11-16)5-8-21(19)17-3-6-20(23)7-4-17/h3-8,10-14H,2,9,15H2,1H3. The fourth-order valence-corrected chi connectivity index (χ4v) is 3.03. The van der Waals surface area contributed by atoms with E-state index in [4.69, 9.17) is 16.3 Å². The average Bonchev–Trinajstić information content (AvgIpc) is 2.68. The van der Waals surface area contributed by atoms with Crippen LogP contribution in [0.5, 0.6) is 0 Å². The van der Waals surface area contributed by atoms with Gasteiger partial charge in [0.05, 0.1) is 6.61 Å². The Morgan fingerprint density at radius 2 is 1.77 bits per heavy atom. The molecule has 4 heteroatoms. The van der Waals surface area contributed by atoms with Gasteiger partial charge in [-0.15, -0.1) is 0 Å². The molecule has 0 N–H and O–H groups in total. The molecule has 0 aliphatic rings. The molecule has 132 valence electrons. The van der Waals surface area contributed by atoms with Gasteiger partial charge in [-0.05, 0) is 59.0 Å². The molecule has 2 aromatic carbocycles. The van der Waals surface area contributed by atoms with Gasteiger partial charge in [-0.2, -0.15) is 0 Å². The van der Waals surface area contributed by atoms with Gasteiger partial charge in [-0.25, -0.2) is 0 Å². The summed E-state index contributed by atoms with van der Waals surface area (Å²) in [7, 11) is 1.66. The lowest BCUT2D eigenvalue weighted by molar-refractivity contribution is 0.0982. The van der Waals surface area contributed by atoms with E-state index in [1.165, 1.54) is 0 Å². The van der Waals surface area contributed by atoms with Crippen molar-refractivity contribution >= 4 is 17.4 Å². The van der Waals surface area contributed by atoms with Crippen molar-refractivity contribution in [2.45, 2.75) is 19.4 Å². The molecule has 26 heavy (non-hydrogen) atoms. The number of aryl methyl sites for hydroxylation is 1. The van der Waals surface area contributed by atoms with E-state index >= 15 is 0 Å². The zero-order valence-electron chi connectivity index (χ0n) is 14.6. The van der Waals surface area contributed by atoms with Gasteiger partial charge in [0.15, 0.2) is 5.78 Å². The number of halogens is 1. The predicted octanol–water partition coefficient (Wildman–Crippen LogP) is 5.36. The number of hydrogen-bond acceptors (Lipinski definition) is 3. The van der Waals surface area contributed by atoms with Crippen molar-refractivity contribution in [1.82, 2.24) is 4.98 Å². The summed E-state index contributed by atoms with van der Waals surface area (Å²) in [5.41, 5.74) is 4.92. The third-order valence-corrected chi connectivity index (χ3v) is 4.52. The van der Waals surface area contributed by atoms with E-state index < -0.39 is 0 Å². The average molecular weight is 366 g/mol. The number of rotatable bonds is 7. The Bertz CT molecular complexity index is 876. The second-order valence-corrected chi connectivity index (χ2v) is 6.53. The summed E-state index contributed by atoms with van der Waals surface area (Å²) in [5.74, 6) is 0.127. The SMILES string of the molecule is COCc1cc(C(=O)CCc2ccncc2)ccc1-c1ccc(Cl)cc1. The maximum absolute atomic E-state index is 12.6. The number of Topliss-reactive ketones (excluding diaryl/α,β-unsaturated/α-hetero) is 1. The number of aromatic nitrogens is 1. The van der Waals surface area contributed by atoms with Crippen LogP contribution < -0.4 is 0 Å². The lowest BCUT2D eigenvalue weighted by Gasteiger charge is -2.12. The first-order chi connectivity index (χ1) is 12.7. The van der Waals surface area contributed by atoms with Gasteiger partial charge in [-0.1, -0.05) is 35.9 Å². The van der Waals surface area contributed by atoms with Gasteiger partial charge in [0.2, 0.25) is 0 Å². The molecule has 0 bridgehead atoms. The zero-order chi connectivity index (χ0) is 18.4. The number of carbonyl (C=O) groups excluding carboxylic acids is 1. The summed E-state index contributed by atoms with van der Waals surface area (Å²) in [5, 5.41) is 0.699. The van der Waals surface area contributed by atoms with Gasteiger partial charge < -0.3 is 4.74 Å². The second kappa shape index (κ2) is 8.75. The van der Waals surface area contributed by atoms with Gasteiger partial charge >= 0.3 is 0 Å². The molecular formula is C22H20ClNO2. The van der Waals surface area contributed by atoms with E-state index in [-0.39, 0.29) is 5.78 Å². The molecule has 0 amide bonds. The maximum Gasteiger partial charge on any atom is 0.163 e.